The van der Waals surface area contributed by atoms with Crippen LogP contribution >= 0.6 is 11.6 Å². The Morgan fingerprint density at radius 1 is 1.50 bits per heavy atom. The molecule has 0 aliphatic carbocycles. The Kier molecular flexibility index (Phi) is 5.95. The third-order valence-electron chi connectivity index (χ3n) is 2.72. The summed E-state index contributed by atoms with van der Waals surface area (Å²) >= 11 is 5.98. The third kappa shape index (κ3) is 4.55. The fourth-order valence-electron chi connectivity index (χ4n) is 1.56. The Morgan fingerprint density at radius 2 is 2.22 bits per heavy atom. The number of nitrogens with one attached hydrogen (secondary N) is 1. The number of carboxylic acid groups (broad SMARTS) is 1. The largest absolute Gasteiger partial charge is 0.478 e. The summed E-state index contributed by atoms with van der Waals surface area (Å²) < 4.78 is 0. The highest BCUT2D eigenvalue weighted by molar-refractivity contribution is 6.33. The zero-order valence-electron chi connectivity index (χ0n) is 10.3. The van der Waals surface area contributed by atoms with Crippen molar-refractivity contribution >= 4 is 23.3 Å². The molecular weight excluding hydrogens is 254 g/mol. The van der Waals surface area contributed by atoms with Crippen LogP contribution in [0.5, 0.6) is 0 Å². The Morgan fingerprint density at radius 3 is 2.78 bits per heavy atom. The van der Waals surface area contributed by atoms with E-state index in [-0.39, 0.29) is 12.2 Å². The number of aliphatic hydroxyl groups excluding tert-OH is 1. The fourth-order valence-corrected chi connectivity index (χ4v) is 1.80. The fraction of sp³-hybridized carbons (Fsp3) is 0.462. The first kappa shape index (κ1) is 14.8. The lowest BCUT2D eigenvalue weighted by Gasteiger charge is -2.10. The first-order valence-corrected chi connectivity index (χ1v) is 6.30. The van der Waals surface area contributed by atoms with Gasteiger partial charge in [0.25, 0.3) is 0 Å². The molecule has 1 aromatic carbocycles. The van der Waals surface area contributed by atoms with Crippen molar-refractivity contribution in [1.29, 1.82) is 0 Å². The summed E-state index contributed by atoms with van der Waals surface area (Å²) in [7, 11) is 0. The van der Waals surface area contributed by atoms with Crippen LogP contribution in [-0.4, -0.2) is 29.3 Å². The van der Waals surface area contributed by atoms with Crippen LogP contribution in [0, 0.1) is 5.92 Å². The van der Waals surface area contributed by atoms with Crippen LogP contribution in [0.1, 0.15) is 30.1 Å². The molecule has 0 saturated heterocycles. The standard InChI is InChI=1S/C13H18ClNO3/c1-9(8-16)3-2-6-15-12-5-4-10(13(17)18)7-11(12)14/h4-5,7,9,15-16H,2-3,6,8H2,1H3,(H,17,18). The summed E-state index contributed by atoms with van der Waals surface area (Å²) in [5.41, 5.74) is 0.915. The van der Waals surface area contributed by atoms with Crippen LogP contribution in [0.25, 0.3) is 0 Å². The minimum absolute atomic E-state index is 0.180. The van der Waals surface area contributed by atoms with Gasteiger partial charge in [0.05, 0.1) is 16.3 Å². The minimum atomic E-state index is -0.986. The van der Waals surface area contributed by atoms with E-state index >= 15 is 0 Å². The van der Waals surface area contributed by atoms with Crippen LogP contribution in [0.15, 0.2) is 18.2 Å². The highest BCUT2D eigenvalue weighted by atomic mass is 35.5. The van der Waals surface area contributed by atoms with Crippen LogP contribution in [0.3, 0.4) is 0 Å². The second-order valence-corrected chi connectivity index (χ2v) is 4.76. The van der Waals surface area contributed by atoms with E-state index in [2.05, 4.69) is 5.32 Å². The van der Waals surface area contributed by atoms with Crippen LogP contribution < -0.4 is 5.32 Å². The molecule has 3 N–H and O–H groups in total. The van der Waals surface area contributed by atoms with Gasteiger partial charge in [0.1, 0.15) is 0 Å². The van der Waals surface area contributed by atoms with E-state index in [0.717, 1.165) is 25.1 Å². The molecule has 5 heteroatoms. The van der Waals surface area contributed by atoms with Gasteiger partial charge in [-0.05, 0) is 37.0 Å². The maximum Gasteiger partial charge on any atom is 0.335 e. The van der Waals surface area contributed by atoms with Gasteiger partial charge in [-0.25, -0.2) is 4.79 Å². The highest BCUT2D eigenvalue weighted by Crippen LogP contribution is 2.23. The smallest absolute Gasteiger partial charge is 0.335 e. The lowest BCUT2D eigenvalue weighted by molar-refractivity contribution is 0.0697. The average molecular weight is 272 g/mol. The number of rotatable bonds is 7. The highest BCUT2D eigenvalue weighted by Gasteiger charge is 2.06. The predicted molar refractivity (Wildman–Crippen MR) is 72.4 cm³/mol. The molecule has 0 heterocycles. The summed E-state index contributed by atoms with van der Waals surface area (Å²) in [5, 5.41) is 21.2. The Balaban J connectivity index is 2.46. The third-order valence-corrected chi connectivity index (χ3v) is 3.03. The molecule has 1 unspecified atom stereocenters. The van der Waals surface area contributed by atoms with Crippen LogP contribution in [0.4, 0.5) is 5.69 Å². The van der Waals surface area contributed by atoms with Gasteiger partial charge < -0.3 is 15.5 Å². The van der Waals surface area contributed by atoms with Crippen molar-refractivity contribution in [2.75, 3.05) is 18.5 Å². The van der Waals surface area contributed by atoms with E-state index in [9.17, 15) is 4.79 Å². The molecule has 0 saturated carbocycles. The SMILES string of the molecule is CC(CO)CCCNc1ccc(C(=O)O)cc1Cl. The average Bonchev–Trinajstić information content (AvgIpc) is 2.35. The second-order valence-electron chi connectivity index (χ2n) is 4.36. The molecule has 0 radical (unpaired) electrons. The summed E-state index contributed by atoms with van der Waals surface area (Å²) in [6.45, 7) is 2.94. The van der Waals surface area contributed by atoms with Gasteiger partial charge in [-0.15, -0.1) is 0 Å². The molecule has 0 fully saturated rings. The van der Waals surface area contributed by atoms with Gasteiger partial charge in [-0.3, -0.25) is 0 Å². The number of hydrogen-bond donors (Lipinski definition) is 3. The first-order chi connectivity index (χ1) is 8.54. The molecule has 0 bridgehead atoms. The van der Waals surface area contributed by atoms with Gasteiger partial charge >= 0.3 is 5.97 Å². The first-order valence-electron chi connectivity index (χ1n) is 5.92. The van der Waals surface area contributed by atoms with E-state index in [4.69, 9.17) is 21.8 Å². The van der Waals surface area contributed by atoms with Gasteiger partial charge in [0.2, 0.25) is 0 Å². The number of halogens is 1. The molecule has 0 aliphatic rings. The topological polar surface area (TPSA) is 69.6 Å². The molecular formula is C13H18ClNO3. The number of carboxylic acids is 1. The number of aliphatic hydroxyl groups is 1. The molecule has 0 aliphatic heterocycles. The molecule has 0 spiro atoms. The normalized spacial score (nSPS) is 12.2. The summed E-state index contributed by atoms with van der Waals surface area (Å²) in [5.74, 6) is -0.683. The number of anilines is 1. The molecule has 1 atom stereocenters. The van der Waals surface area contributed by atoms with Gasteiger partial charge in [-0.1, -0.05) is 18.5 Å². The van der Waals surface area contributed by atoms with E-state index in [1.54, 1.807) is 6.07 Å². The molecule has 18 heavy (non-hydrogen) atoms. The van der Waals surface area contributed by atoms with E-state index in [1.165, 1.54) is 12.1 Å². The van der Waals surface area contributed by atoms with Crippen molar-refractivity contribution in [2.45, 2.75) is 19.8 Å². The van der Waals surface area contributed by atoms with Crippen molar-refractivity contribution in [1.82, 2.24) is 0 Å². The lowest BCUT2D eigenvalue weighted by atomic mass is 10.1. The van der Waals surface area contributed by atoms with Crippen molar-refractivity contribution in [3.63, 3.8) is 0 Å². The quantitative estimate of drug-likeness (QED) is 0.667. The van der Waals surface area contributed by atoms with Gasteiger partial charge in [0, 0.05) is 13.2 Å². The van der Waals surface area contributed by atoms with Crippen LogP contribution in [0.2, 0.25) is 5.02 Å². The zero-order chi connectivity index (χ0) is 13.5. The Bertz CT molecular complexity index is 409. The second kappa shape index (κ2) is 7.24. The Hall–Kier alpha value is -1.26. The maximum absolute atomic E-state index is 10.7. The molecule has 1 rings (SSSR count). The minimum Gasteiger partial charge on any atom is -0.478 e. The van der Waals surface area contributed by atoms with Crippen molar-refractivity contribution in [2.24, 2.45) is 5.92 Å². The van der Waals surface area contributed by atoms with Gasteiger partial charge in [0.15, 0.2) is 0 Å². The van der Waals surface area contributed by atoms with Crippen LogP contribution in [-0.2, 0) is 0 Å². The zero-order valence-corrected chi connectivity index (χ0v) is 11.1. The molecule has 0 aromatic heterocycles. The van der Waals surface area contributed by atoms with Crippen molar-refractivity contribution < 1.29 is 15.0 Å². The molecule has 100 valence electrons. The van der Waals surface area contributed by atoms with Crippen molar-refractivity contribution in [3.05, 3.63) is 28.8 Å². The molecule has 1 aromatic rings. The predicted octanol–water partition coefficient (Wildman–Crippen LogP) is 2.86. The van der Waals surface area contributed by atoms with E-state index < -0.39 is 5.97 Å². The monoisotopic (exact) mass is 271 g/mol. The molecule has 0 amide bonds. The van der Waals surface area contributed by atoms with Gasteiger partial charge in [-0.2, -0.15) is 0 Å². The van der Waals surface area contributed by atoms with E-state index in [0.29, 0.717) is 10.9 Å². The number of carbonyl (C=O) groups is 1. The molecule has 4 nitrogen and oxygen atoms in total. The number of hydrogen-bond acceptors (Lipinski definition) is 3. The van der Waals surface area contributed by atoms with Crippen molar-refractivity contribution in [3.8, 4) is 0 Å². The summed E-state index contributed by atoms with van der Waals surface area (Å²) in [6.07, 6.45) is 1.87. The number of benzene rings is 1. The van der Waals surface area contributed by atoms with E-state index in [1.807, 2.05) is 6.92 Å². The lowest BCUT2D eigenvalue weighted by Crippen LogP contribution is -2.07. The summed E-state index contributed by atoms with van der Waals surface area (Å²) in [6, 6.07) is 4.62. The Labute approximate surface area is 112 Å². The number of aromatic carboxylic acids is 1. The maximum atomic E-state index is 10.7. The summed E-state index contributed by atoms with van der Waals surface area (Å²) in [4.78, 5) is 10.7.